The van der Waals surface area contributed by atoms with Crippen LogP contribution in [-0.2, 0) is 21.9 Å². The molecule has 0 saturated carbocycles. The quantitative estimate of drug-likeness (QED) is 0.626. The summed E-state index contributed by atoms with van der Waals surface area (Å²) in [5.74, 6) is -0.338. The molecule has 0 bridgehead atoms. The molecule has 0 aliphatic heterocycles. The van der Waals surface area contributed by atoms with Gasteiger partial charge in [-0.15, -0.1) is 11.8 Å². The van der Waals surface area contributed by atoms with Gasteiger partial charge in [0.15, 0.2) is 0 Å². The van der Waals surface area contributed by atoms with Crippen LogP contribution in [0, 0.1) is 12.7 Å². The maximum atomic E-state index is 13.9. The van der Waals surface area contributed by atoms with Crippen LogP contribution in [0.3, 0.4) is 0 Å². The van der Waals surface area contributed by atoms with E-state index in [0.29, 0.717) is 23.6 Å². The Labute approximate surface area is 180 Å². The van der Waals surface area contributed by atoms with Crippen molar-refractivity contribution in [3.05, 3.63) is 70.0 Å². The van der Waals surface area contributed by atoms with Crippen molar-refractivity contribution in [2.75, 3.05) is 12.8 Å². The first-order chi connectivity index (χ1) is 13.9. The van der Waals surface area contributed by atoms with Gasteiger partial charge in [-0.25, -0.2) is 4.39 Å². The maximum Gasteiger partial charge on any atom is 0.242 e. The lowest BCUT2D eigenvalue weighted by molar-refractivity contribution is -0.139. The van der Waals surface area contributed by atoms with Crippen LogP contribution < -0.4 is 5.32 Å². The summed E-state index contributed by atoms with van der Waals surface area (Å²) in [6.45, 7) is 4.21. The van der Waals surface area contributed by atoms with Crippen LogP contribution in [0.5, 0.6) is 0 Å². The molecule has 0 aliphatic rings. The smallest absolute Gasteiger partial charge is 0.242 e. The van der Waals surface area contributed by atoms with Crippen molar-refractivity contribution in [3.8, 4) is 0 Å². The van der Waals surface area contributed by atoms with E-state index in [4.69, 9.17) is 11.6 Å². The second kappa shape index (κ2) is 11.2. The summed E-state index contributed by atoms with van der Waals surface area (Å²) in [5, 5.41) is 2.98. The molecule has 0 fully saturated rings. The highest BCUT2D eigenvalue weighted by atomic mass is 35.5. The third kappa shape index (κ3) is 6.47. The minimum absolute atomic E-state index is 0.129. The molecule has 2 rings (SSSR count). The molecule has 0 spiro atoms. The van der Waals surface area contributed by atoms with E-state index < -0.39 is 6.04 Å². The summed E-state index contributed by atoms with van der Waals surface area (Å²) in [6.07, 6.45) is 0.501. The molecule has 0 heterocycles. The molecule has 2 aromatic rings. The second-order valence-corrected chi connectivity index (χ2v) is 8.13. The maximum absolute atomic E-state index is 13.9. The number of nitrogens with one attached hydrogen (secondary N) is 1. The molecule has 1 atom stereocenters. The molecule has 0 aliphatic carbocycles. The zero-order valence-electron chi connectivity index (χ0n) is 16.9. The number of halogens is 2. The minimum atomic E-state index is -0.563. The number of amides is 2. The first-order valence-corrected chi connectivity index (χ1v) is 11.0. The number of benzene rings is 2. The molecule has 0 radical (unpaired) electrons. The van der Waals surface area contributed by atoms with Crippen molar-refractivity contribution in [1.29, 1.82) is 0 Å². The average molecular weight is 437 g/mol. The molecule has 7 heteroatoms. The van der Waals surface area contributed by atoms with Crippen molar-refractivity contribution in [2.45, 2.75) is 38.6 Å². The lowest BCUT2D eigenvalue weighted by Gasteiger charge is -2.30. The van der Waals surface area contributed by atoms with Gasteiger partial charge >= 0.3 is 0 Å². The number of carbonyl (C=O) groups is 2. The number of thioether (sulfide) groups is 1. The van der Waals surface area contributed by atoms with E-state index in [0.717, 1.165) is 11.1 Å². The van der Waals surface area contributed by atoms with E-state index in [2.05, 4.69) is 5.32 Å². The van der Waals surface area contributed by atoms with Gasteiger partial charge in [-0.1, -0.05) is 54.4 Å². The number of likely N-dealkylation sites (N-methyl/N-ethyl adjacent to an activating group) is 1. The van der Waals surface area contributed by atoms with Gasteiger partial charge < -0.3 is 10.2 Å². The number of rotatable bonds is 9. The van der Waals surface area contributed by atoms with Gasteiger partial charge in [0, 0.05) is 29.9 Å². The van der Waals surface area contributed by atoms with E-state index in [1.807, 2.05) is 38.1 Å². The largest absolute Gasteiger partial charge is 0.357 e. The Morgan fingerprint density at radius 3 is 2.48 bits per heavy atom. The molecule has 1 N–H and O–H groups in total. The Balaban J connectivity index is 2.12. The monoisotopic (exact) mass is 436 g/mol. The Bertz CT molecular complexity index is 825. The fourth-order valence-corrected chi connectivity index (χ4v) is 4.22. The predicted molar refractivity (Wildman–Crippen MR) is 117 cm³/mol. The fourth-order valence-electron chi connectivity index (χ4n) is 2.97. The number of hydrogen-bond donors (Lipinski definition) is 1. The number of carbonyl (C=O) groups excluding carboxylic acids is 2. The van der Waals surface area contributed by atoms with Gasteiger partial charge in [-0.05, 0) is 31.0 Å². The van der Waals surface area contributed by atoms with Crippen molar-refractivity contribution < 1.29 is 14.0 Å². The Kier molecular flexibility index (Phi) is 8.99. The zero-order valence-corrected chi connectivity index (χ0v) is 18.4. The molecule has 4 nitrogen and oxygen atoms in total. The first-order valence-electron chi connectivity index (χ1n) is 9.44. The van der Waals surface area contributed by atoms with Gasteiger partial charge in [0.05, 0.1) is 5.75 Å². The molecule has 0 unspecified atom stereocenters. The zero-order chi connectivity index (χ0) is 21.4. The Hall–Kier alpha value is -2.05. The number of nitrogens with zero attached hydrogens (tertiary/aromatic N) is 1. The van der Waals surface area contributed by atoms with Crippen molar-refractivity contribution >= 4 is 35.2 Å². The molecule has 2 aromatic carbocycles. The normalized spacial score (nSPS) is 11.8. The molecule has 2 amide bonds. The van der Waals surface area contributed by atoms with Gasteiger partial charge in [0.2, 0.25) is 11.8 Å². The highest BCUT2D eigenvalue weighted by Crippen LogP contribution is 2.24. The fraction of sp³-hybridized carbons (Fsp3) is 0.364. The van der Waals surface area contributed by atoms with Crippen LogP contribution in [-0.4, -0.2) is 35.6 Å². The van der Waals surface area contributed by atoms with E-state index in [1.54, 1.807) is 24.1 Å². The Morgan fingerprint density at radius 2 is 1.90 bits per heavy atom. The highest BCUT2D eigenvalue weighted by molar-refractivity contribution is 7.99. The molecule has 156 valence electrons. The van der Waals surface area contributed by atoms with E-state index in [1.165, 1.54) is 17.8 Å². The Morgan fingerprint density at radius 1 is 1.21 bits per heavy atom. The molecular formula is C22H26ClFN2O2S. The number of hydrogen-bond acceptors (Lipinski definition) is 3. The van der Waals surface area contributed by atoms with Crippen molar-refractivity contribution in [1.82, 2.24) is 10.2 Å². The third-order valence-electron chi connectivity index (χ3n) is 4.64. The van der Waals surface area contributed by atoms with Crippen molar-refractivity contribution in [2.24, 2.45) is 0 Å². The van der Waals surface area contributed by atoms with Crippen molar-refractivity contribution in [3.63, 3.8) is 0 Å². The third-order valence-corrected chi connectivity index (χ3v) is 5.94. The summed E-state index contributed by atoms with van der Waals surface area (Å²) in [4.78, 5) is 26.9. The van der Waals surface area contributed by atoms with Crippen LogP contribution >= 0.6 is 23.4 Å². The second-order valence-electron chi connectivity index (χ2n) is 6.74. The minimum Gasteiger partial charge on any atom is -0.357 e. The first kappa shape index (κ1) is 23.2. The highest BCUT2D eigenvalue weighted by Gasteiger charge is 2.27. The van der Waals surface area contributed by atoms with E-state index in [9.17, 15) is 14.0 Å². The SMILES string of the molecule is CC[C@@H](C(=O)NC)N(Cc1ccc(C)cc1)C(=O)CSCc1c(F)cccc1Cl. The van der Waals surface area contributed by atoms with Crippen LogP contribution in [0.4, 0.5) is 4.39 Å². The van der Waals surface area contributed by atoms with Crippen LogP contribution in [0.2, 0.25) is 5.02 Å². The molecule has 0 aromatic heterocycles. The van der Waals surface area contributed by atoms with E-state index in [-0.39, 0.29) is 29.1 Å². The van der Waals surface area contributed by atoms with Gasteiger partial charge in [0.25, 0.3) is 0 Å². The van der Waals surface area contributed by atoms with Gasteiger partial charge in [0.1, 0.15) is 11.9 Å². The summed E-state index contributed by atoms with van der Waals surface area (Å²) in [5.41, 5.74) is 2.46. The van der Waals surface area contributed by atoms with Crippen LogP contribution in [0.25, 0.3) is 0 Å². The summed E-state index contributed by atoms with van der Waals surface area (Å²) in [6, 6.07) is 11.8. The summed E-state index contributed by atoms with van der Waals surface area (Å²) >= 11 is 7.34. The van der Waals surface area contributed by atoms with Crippen LogP contribution in [0.15, 0.2) is 42.5 Å². The summed E-state index contributed by atoms with van der Waals surface area (Å²) < 4.78 is 13.9. The molecular weight excluding hydrogens is 411 g/mol. The molecule has 0 saturated heterocycles. The number of aryl methyl sites for hydroxylation is 1. The topological polar surface area (TPSA) is 49.4 Å². The van der Waals surface area contributed by atoms with Gasteiger partial charge in [-0.2, -0.15) is 0 Å². The lowest BCUT2D eigenvalue weighted by Crippen LogP contribution is -2.48. The average Bonchev–Trinajstić information content (AvgIpc) is 2.71. The van der Waals surface area contributed by atoms with Gasteiger partial charge in [-0.3, -0.25) is 9.59 Å². The van der Waals surface area contributed by atoms with Crippen LogP contribution in [0.1, 0.15) is 30.0 Å². The van der Waals surface area contributed by atoms with E-state index >= 15 is 0 Å². The standard InChI is InChI=1S/C22H26ClFN2O2S/c1-4-20(22(28)25-3)26(12-16-10-8-15(2)9-11-16)21(27)14-29-13-17-18(23)6-5-7-19(17)24/h5-11,20H,4,12-14H2,1-3H3,(H,25,28)/t20-/m0/s1. The summed E-state index contributed by atoms with van der Waals surface area (Å²) in [7, 11) is 1.56. The molecule has 29 heavy (non-hydrogen) atoms. The predicted octanol–water partition coefficient (Wildman–Crippen LogP) is 4.57. The lowest BCUT2D eigenvalue weighted by atomic mass is 10.1.